The third kappa shape index (κ3) is 5.57. The number of para-hydroxylation sites is 1. The predicted octanol–water partition coefficient (Wildman–Crippen LogP) is 4.14. The van der Waals surface area contributed by atoms with Crippen molar-refractivity contribution in [3.63, 3.8) is 0 Å². The van der Waals surface area contributed by atoms with Crippen molar-refractivity contribution >= 4 is 56.1 Å². The van der Waals surface area contributed by atoms with Crippen LogP contribution in [0.4, 0.5) is 5.13 Å². The van der Waals surface area contributed by atoms with Gasteiger partial charge in [-0.2, -0.15) is 11.8 Å². The van der Waals surface area contributed by atoms with Crippen molar-refractivity contribution in [3.05, 3.63) is 46.4 Å². The number of aromatic nitrogens is 3. The van der Waals surface area contributed by atoms with Crippen LogP contribution in [0.1, 0.15) is 26.5 Å². The van der Waals surface area contributed by atoms with Gasteiger partial charge in [-0.3, -0.25) is 9.59 Å². The molecule has 9 heteroatoms. The number of thiazole rings is 1. The predicted molar refractivity (Wildman–Crippen MR) is 115 cm³/mol. The highest BCUT2D eigenvalue weighted by molar-refractivity contribution is 8.00. The van der Waals surface area contributed by atoms with E-state index in [0.29, 0.717) is 21.3 Å². The first-order valence-electron chi connectivity index (χ1n) is 8.45. The molecular formula is C18H20N4O2S3. The maximum atomic E-state index is 12.5. The standard InChI is InChI=1S/C18H20N4O2S3/c1-10(2)25-9-12-8-15(23)21-17(19-12)26-11(3)16(24)22-18-20-13-6-4-5-7-14(13)27-18/h4-8,10-11H,9H2,1-3H3,(H,19,21,23)(H,20,22,24). The van der Waals surface area contributed by atoms with Crippen LogP contribution in [-0.4, -0.2) is 31.4 Å². The molecule has 0 fully saturated rings. The van der Waals surface area contributed by atoms with Crippen molar-refractivity contribution in [2.75, 3.05) is 5.32 Å². The number of hydrogen-bond donors (Lipinski definition) is 2. The molecule has 0 radical (unpaired) electrons. The number of H-pyrrole nitrogens is 1. The van der Waals surface area contributed by atoms with E-state index < -0.39 is 5.25 Å². The molecule has 2 heterocycles. The van der Waals surface area contributed by atoms with Crippen LogP contribution in [0.5, 0.6) is 0 Å². The van der Waals surface area contributed by atoms with Gasteiger partial charge in [0.25, 0.3) is 5.56 Å². The molecule has 2 aromatic heterocycles. The minimum Gasteiger partial charge on any atom is -0.301 e. The van der Waals surface area contributed by atoms with Crippen molar-refractivity contribution in [3.8, 4) is 0 Å². The Bertz CT molecular complexity index is 966. The zero-order valence-electron chi connectivity index (χ0n) is 15.2. The molecule has 142 valence electrons. The van der Waals surface area contributed by atoms with Gasteiger partial charge >= 0.3 is 0 Å². The Morgan fingerprint density at radius 1 is 1.26 bits per heavy atom. The minimum absolute atomic E-state index is 0.177. The second-order valence-electron chi connectivity index (χ2n) is 6.14. The summed E-state index contributed by atoms with van der Waals surface area (Å²) in [6, 6.07) is 9.24. The molecule has 1 unspecified atom stereocenters. The summed E-state index contributed by atoms with van der Waals surface area (Å²) >= 11 is 4.38. The number of carbonyl (C=O) groups is 1. The summed E-state index contributed by atoms with van der Waals surface area (Å²) in [7, 11) is 0. The summed E-state index contributed by atoms with van der Waals surface area (Å²) in [5.41, 5.74) is 1.38. The van der Waals surface area contributed by atoms with Crippen LogP contribution in [0.3, 0.4) is 0 Å². The molecule has 0 saturated heterocycles. The van der Waals surface area contributed by atoms with Crippen molar-refractivity contribution in [1.82, 2.24) is 15.0 Å². The highest BCUT2D eigenvalue weighted by Crippen LogP contribution is 2.27. The first kappa shape index (κ1) is 19.9. The molecule has 3 rings (SSSR count). The van der Waals surface area contributed by atoms with Crippen LogP contribution in [-0.2, 0) is 10.5 Å². The van der Waals surface area contributed by atoms with Gasteiger partial charge < -0.3 is 10.3 Å². The molecule has 0 aliphatic carbocycles. The number of nitrogens with zero attached hydrogens (tertiary/aromatic N) is 2. The molecule has 0 bridgehead atoms. The lowest BCUT2D eigenvalue weighted by Gasteiger charge is -2.10. The Morgan fingerprint density at radius 2 is 2.04 bits per heavy atom. The Kier molecular flexibility index (Phi) is 6.56. The summed E-state index contributed by atoms with van der Waals surface area (Å²) in [6.07, 6.45) is 0. The number of anilines is 1. The highest BCUT2D eigenvalue weighted by atomic mass is 32.2. The van der Waals surface area contributed by atoms with Crippen molar-refractivity contribution in [1.29, 1.82) is 0 Å². The van der Waals surface area contributed by atoms with E-state index in [1.54, 1.807) is 18.7 Å². The van der Waals surface area contributed by atoms with E-state index in [0.717, 1.165) is 15.9 Å². The van der Waals surface area contributed by atoms with Gasteiger partial charge in [-0.05, 0) is 24.3 Å². The summed E-state index contributed by atoms with van der Waals surface area (Å²) in [4.78, 5) is 35.9. The van der Waals surface area contributed by atoms with Crippen LogP contribution in [0.15, 0.2) is 40.3 Å². The maximum Gasteiger partial charge on any atom is 0.251 e. The van der Waals surface area contributed by atoms with E-state index in [1.165, 1.54) is 29.2 Å². The second kappa shape index (κ2) is 8.90. The molecule has 1 aromatic carbocycles. The van der Waals surface area contributed by atoms with Gasteiger partial charge in [-0.25, -0.2) is 9.97 Å². The molecule has 3 aromatic rings. The van der Waals surface area contributed by atoms with Crippen molar-refractivity contribution in [2.24, 2.45) is 0 Å². The molecule has 27 heavy (non-hydrogen) atoms. The van der Waals surface area contributed by atoms with Gasteiger partial charge in [0, 0.05) is 11.8 Å². The number of carbonyl (C=O) groups excluding carboxylic acids is 1. The topological polar surface area (TPSA) is 87.7 Å². The normalized spacial score (nSPS) is 12.4. The largest absolute Gasteiger partial charge is 0.301 e. The summed E-state index contributed by atoms with van der Waals surface area (Å²) in [5.74, 6) is 0.491. The molecule has 6 nitrogen and oxygen atoms in total. The summed E-state index contributed by atoms with van der Waals surface area (Å²) < 4.78 is 1.02. The molecule has 0 spiro atoms. The number of aromatic amines is 1. The number of thioether (sulfide) groups is 2. The van der Waals surface area contributed by atoms with Crippen LogP contribution in [0.2, 0.25) is 0 Å². The SMILES string of the molecule is CC(C)SCc1cc(=O)[nH]c(SC(C)C(=O)Nc2nc3ccccc3s2)n1. The Balaban J connectivity index is 1.66. The first-order valence-corrected chi connectivity index (χ1v) is 11.2. The molecule has 0 saturated carbocycles. The van der Waals surface area contributed by atoms with E-state index in [9.17, 15) is 9.59 Å². The molecular weight excluding hydrogens is 400 g/mol. The number of hydrogen-bond acceptors (Lipinski definition) is 7. The maximum absolute atomic E-state index is 12.5. The van der Waals surface area contributed by atoms with Crippen molar-refractivity contribution in [2.45, 2.75) is 42.2 Å². The fourth-order valence-corrected chi connectivity index (χ4v) is 4.57. The lowest BCUT2D eigenvalue weighted by molar-refractivity contribution is -0.115. The van der Waals surface area contributed by atoms with E-state index in [4.69, 9.17) is 0 Å². The number of nitrogens with one attached hydrogen (secondary N) is 2. The molecule has 1 atom stereocenters. The van der Waals surface area contributed by atoms with Crippen LogP contribution in [0.25, 0.3) is 10.2 Å². The molecule has 1 amide bonds. The third-order valence-electron chi connectivity index (χ3n) is 3.52. The average molecular weight is 421 g/mol. The Labute approximate surface area is 169 Å². The fourth-order valence-electron chi connectivity index (χ4n) is 2.22. The lowest BCUT2D eigenvalue weighted by atomic mass is 10.3. The first-order chi connectivity index (χ1) is 12.9. The van der Waals surface area contributed by atoms with E-state index >= 15 is 0 Å². The van der Waals surface area contributed by atoms with Gasteiger partial charge in [0.15, 0.2) is 10.3 Å². The summed E-state index contributed by atoms with van der Waals surface area (Å²) in [6.45, 7) is 5.98. The zero-order chi connectivity index (χ0) is 19.4. The average Bonchev–Trinajstić information content (AvgIpc) is 3.01. The molecule has 2 N–H and O–H groups in total. The second-order valence-corrected chi connectivity index (χ2v) is 10.1. The zero-order valence-corrected chi connectivity index (χ0v) is 17.6. The van der Waals surface area contributed by atoms with E-state index in [1.807, 2.05) is 24.3 Å². The highest BCUT2D eigenvalue weighted by Gasteiger charge is 2.18. The quantitative estimate of drug-likeness (QED) is 0.441. The number of fused-ring (bicyclic) bond motifs is 1. The van der Waals surface area contributed by atoms with Crippen LogP contribution in [0, 0.1) is 0 Å². The number of rotatable bonds is 7. The monoisotopic (exact) mass is 420 g/mol. The minimum atomic E-state index is -0.423. The summed E-state index contributed by atoms with van der Waals surface area (Å²) in [5, 5.41) is 3.90. The van der Waals surface area contributed by atoms with Gasteiger partial charge in [-0.1, -0.05) is 49.1 Å². The fraction of sp³-hybridized carbons (Fsp3) is 0.333. The third-order valence-corrected chi connectivity index (χ3v) is 6.58. The smallest absolute Gasteiger partial charge is 0.251 e. The molecule has 0 aliphatic rings. The van der Waals surface area contributed by atoms with Gasteiger partial charge in [0.1, 0.15) is 0 Å². The van der Waals surface area contributed by atoms with E-state index in [-0.39, 0.29) is 11.5 Å². The van der Waals surface area contributed by atoms with Crippen molar-refractivity contribution < 1.29 is 4.79 Å². The molecule has 0 aliphatic heterocycles. The van der Waals surface area contributed by atoms with Crippen LogP contribution >= 0.6 is 34.9 Å². The number of benzene rings is 1. The van der Waals surface area contributed by atoms with Gasteiger partial charge in [-0.15, -0.1) is 0 Å². The van der Waals surface area contributed by atoms with E-state index in [2.05, 4.69) is 34.1 Å². The Morgan fingerprint density at radius 3 is 2.78 bits per heavy atom. The van der Waals surface area contributed by atoms with Crippen LogP contribution < -0.4 is 10.9 Å². The van der Waals surface area contributed by atoms with Gasteiger partial charge in [0.05, 0.1) is 21.2 Å². The number of amides is 1. The van der Waals surface area contributed by atoms with Gasteiger partial charge in [0.2, 0.25) is 5.91 Å². The Hall–Kier alpha value is -1.84. The lowest BCUT2D eigenvalue weighted by Crippen LogP contribution is -2.23.